The minimum atomic E-state index is -0.250. The Balaban J connectivity index is 0.000000292. The fourth-order valence-corrected chi connectivity index (χ4v) is 0.460. The molecule has 0 aliphatic rings. The lowest BCUT2D eigenvalue weighted by Crippen LogP contribution is -1.75. The molecule has 0 saturated heterocycles. The van der Waals surface area contributed by atoms with E-state index in [1.807, 2.05) is 6.92 Å². The summed E-state index contributed by atoms with van der Waals surface area (Å²) in [5, 5.41) is 15.6. The number of nitrogens with zero attached hydrogens (tertiary/aromatic N) is 1. The van der Waals surface area contributed by atoms with Crippen molar-refractivity contribution in [1.29, 1.82) is 0 Å². The summed E-state index contributed by atoms with van der Waals surface area (Å²) in [6.07, 6.45) is 1.43. The molecule has 0 saturated carbocycles. The normalized spacial score (nSPS) is 7.73. The van der Waals surface area contributed by atoms with Crippen LogP contribution in [0, 0.1) is 6.92 Å². The van der Waals surface area contributed by atoms with Crippen molar-refractivity contribution in [1.82, 2.24) is 4.98 Å². The highest BCUT2D eigenvalue weighted by Crippen LogP contribution is 2.03. The molecular formula is C7H9NO3. The van der Waals surface area contributed by atoms with Gasteiger partial charge in [-0.05, 0) is 19.1 Å². The van der Waals surface area contributed by atoms with Crippen LogP contribution in [0.5, 0.6) is 5.75 Å². The zero-order valence-corrected chi connectivity index (χ0v) is 6.06. The van der Waals surface area contributed by atoms with E-state index in [0.29, 0.717) is 0 Å². The van der Waals surface area contributed by atoms with E-state index in [-0.39, 0.29) is 12.2 Å². The highest BCUT2D eigenvalue weighted by atomic mass is 16.3. The maximum absolute atomic E-state index is 8.69. The Kier molecular flexibility index (Phi) is 4.47. The van der Waals surface area contributed by atoms with E-state index in [1.54, 1.807) is 12.1 Å². The van der Waals surface area contributed by atoms with Crippen LogP contribution in [0.3, 0.4) is 0 Å². The first-order valence-corrected chi connectivity index (χ1v) is 2.90. The van der Waals surface area contributed by atoms with E-state index in [2.05, 4.69) is 4.98 Å². The SMILES string of the molecule is Cc1ccc(O)cn1.O=CO. The molecule has 4 nitrogen and oxygen atoms in total. The lowest BCUT2D eigenvalue weighted by atomic mass is 10.4. The Morgan fingerprint density at radius 1 is 1.55 bits per heavy atom. The number of hydrogen-bond acceptors (Lipinski definition) is 3. The molecule has 4 heteroatoms. The first kappa shape index (κ1) is 9.42. The largest absolute Gasteiger partial charge is 0.506 e. The maximum Gasteiger partial charge on any atom is 0.290 e. The molecule has 0 bridgehead atoms. The first-order chi connectivity index (χ1) is 5.20. The zero-order valence-electron chi connectivity index (χ0n) is 6.06. The van der Waals surface area contributed by atoms with Gasteiger partial charge in [0.15, 0.2) is 0 Å². The minimum Gasteiger partial charge on any atom is -0.506 e. The summed E-state index contributed by atoms with van der Waals surface area (Å²) in [6, 6.07) is 3.37. The fraction of sp³-hybridized carbons (Fsp3) is 0.143. The molecule has 0 radical (unpaired) electrons. The van der Waals surface area contributed by atoms with Crippen molar-refractivity contribution in [2.75, 3.05) is 0 Å². The molecular weight excluding hydrogens is 146 g/mol. The molecule has 0 fully saturated rings. The van der Waals surface area contributed by atoms with Gasteiger partial charge in [-0.15, -0.1) is 0 Å². The molecule has 0 unspecified atom stereocenters. The van der Waals surface area contributed by atoms with E-state index in [0.717, 1.165) is 5.69 Å². The third kappa shape index (κ3) is 4.90. The van der Waals surface area contributed by atoms with E-state index < -0.39 is 0 Å². The average Bonchev–Trinajstić information content (AvgIpc) is 1.97. The molecule has 11 heavy (non-hydrogen) atoms. The van der Waals surface area contributed by atoms with Crippen molar-refractivity contribution >= 4 is 6.47 Å². The number of hydrogen-bond donors (Lipinski definition) is 2. The van der Waals surface area contributed by atoms with E-state index >= 15 is 0 Å². The highest BCUT2D eigenvalue weighted by Gasteiger charge is 1.83. The smallest absolute Gasteiger partial charge is 0.290 e. The number of aromatic nitrogens is 1. The molecule has 1 heterocycles. The number of aryl methyl sites for hydroxylation is 1. The third-order valence-electron chi connectivity index (χ3n) is 0.896. The summed E-state index contributed by atoms with van der Waals surface area (Å²) < 4.78 is 0. The van der Waals surface area contributed by atoms with Crippen LogP contribution in [0.25, 0.3) is 0 Å². The van der Waals surface area contributed by atoms with Crippen molar-refractivity contribution in [2.45, 2.75) is 6.92 Å². The molecule has 0 atom stereocenters. The van der Waals surface area contributed by atoms with Crippen LogP contribution in [-0.4, -0.2) is 21.7 Å². The van der Waals surface area contributed by atoms with Crippen LogP contribution in [-0.2, 0) is 4.79 Å². The van der Waals surface area contributed by atoms with Crippen LogP contribution < -0.4 is 0 Å². The van der Waals surface area contributed by atoms with Crippen molar-refractivity contribution in [3.05, 3.63) is 24.0 Å². The lowest BCUT2D eigenvalue weighted by Gasteiger charge is -1.88. The van der Waals surface area contributed by atoms with Gasteiger partial charge in [0.25, 0.3) is 6.47 Å². The van der Waals surface area contributed by atoms with Crippen LogP contribution in [0.2, 0.25) is 0 Å². The van der Waals surface area contributed by atoms with Gasteiger partial charge < -0.3 is 10.2 Å². The predicted octanol–water partition coefficient (Wildman–Crippen LogP) is 0.796. The fourth-order valence-electron chi connectivity index (χ4n) is 0.460. The van der Waals surface area contributed by atoms with Gasteiger partial charge in [0, 0.05) is 5.69 Å². The quantitative estimate of drug-likeness (QED) is 0.543. The summed E-state index contributed by atoms with van der Waals surface area (Å²) in [7, 11) is 0. The number of rotatable bonds is 0. The minimum absolute atomic E-state index is 0.218. The lowest BCUT2D eigenvalue weighted by molar-refractivity contribution is -0.122. The molecule has 0 spiro atoms. The Hall–Kier alpha value is -1.58. The van der Waals surface area contributed by atoms with E-state index in [1.165, 1.54) is 6.20 Å². The summed E-state index contributed by atoms with van der Waals surface area (Å²) in [5.41, 5.74) is 0.919. The van der Waals surface area contributed by atoms with Gasteiger partial charge in [-0.25, -0.2) is 0 Å². The molecule has 0 aromatic carbocycles. The second kappa shape index (κ2) is 5.22. The standard InChI is InChI=1S/C6H7NO.CH2O2/c1-5-2-3-6(8)4-7-5;2-1-3/h2-4,8H,1H3;1H,(H,2,3). The summed E-state index contributed by atoms with van der Waals surface area (Å²) in [4.78, 5) is 12.2. The molecule has 2 N–H and O–H groups in total. The number of pyridine rings is 1. The van der Waals surface area contributed by atoms with Crippen LogP contribution in [0.15, 0.2) is 18.3 Å². The van der Waals surface area contributed by atoms with Crippen molar-refractivity contribution < 1.29 is 15.0 Å². The molecule has 0 aliphatic heterocycles. The molecule has 1 rings (SSSR count). The second-order valence-corrected chi connectivity index (χ2v) is 1.76. The van der Waals surface area contributed by atoms with Crippen molar-refractivity contribution in [3.8, 4) is 5.75 Å². The van der Waals surface area contributed by atoms with E-state index in [4.69, 9.17) is 15.0 Å². The molecule has 0 amide bonds. The topological polar surface area (TPSA) is 70.4 Å². The van der Waals surface area contributed by atoms with Gasteiger partial charge in [-0.2, -0.15) is 0 Å². The highest BCUT2D eigenvalue weighted by molar-refractivity contribution is 5.32. The van der Waals surface area contributed by atoms with Crippen LogP contribution in [0.4, 0.5) is 0 Å². The average molecular weight is 155 g/mol. The molecule has 1 aromatic rings. The van der Waals surface area contributed by atoms with Crippen molar-refractivity contribution in [3.63, 3.8) is 0 Å². The van der Waals surface area contributed by atoms with Crippen molar-refractivity contribution in [2.24, 2.45) is 0 Å². The second-order valence-electron chi connectivity index (χ2n) is 1.76. The molecule has 1 aromatic heterocycles. The van der Waals surface area contributed by atoms with Gasteiger partial charge in [0.1, 0.15) is 5.75 Å². The maximum atomic E-state index is 8.69. The molecule has 0 aliphatic carbocycles. The van der Waals surface area contributed by atoms with Gasteiger partial charge in [-0.1, -0.05) is 0 Å². The number of carbonyl (C=O) groups is 1. The Morgan fingerprint density at radius 2 is 2.09 bits per heavy atom. The van der Waals surface area contributed by atoms with E-state index in [9.17, 15) is 0 Å². The third-order valence-corrected chi connectivity index (χ3v) is 0.896. The predicted molar refractivity (Wildman–Crippen MR) is 39.3 cm³/mol. The summed E-state index contributed by atoms with van der Waals surface area (Å²) >= 11 is 0. The Labute approximate surface area is 64.1 Å². The van der Waals surface area contributed by atoms with Gasteiger partial charge in [0.2, 0.25) is 0 Å². The monoisotopic (exact) mass is 155 g/mol. The van der Waals surface area contributed by atoms with Gasteiger partial charge in [-0.3, -0.25) is 9.78 Å². The Bertz CT molecular complexity index is 186. The van der Waals surface area contributed by atoms with Gasteiger partial charge in [0.05, 0.1) is 6.20 Å². The molecule has 60 valence electrons. The number of carboxylic acid groups (broad SMARTS) is 1. The first-order valence-electron chi connectivity index (χ1n) is 2.90. The van der Waals surface area contributed by atoms with Crippen LogP contribution in [0.1, 0.15) is 5.69 Å². The Morgan fingerprint density at radius 3 is 2.36 bits per heavy atom. The van der Waals surface area contributed by atoms with Gasteiger partial charge >= 0.3 is 0 Å². The number of aromatic hydroxyl groups is 1. The zero-order chi connectivity index (χ0) is 8.69. The summed E-state index contributed by atoms with van der Waals surface area (Å²) in [6.45, 7) is 1.62. The summed E-state index contributed by atoms with van der Waals surface area (Å²) in [5.74, 6) is 0.218. The van der Waals surface area contributed by atoms with Crippen LogP contribution >= 0.6 is 0 Å².